The van der Waals surface area contributed by atoms with Gasteiger partial charge in [-0.15, -0.1) is 0 Å². The minimum absolute atomic E-state index is 0.0774. The third-order valence-electron chi connectivity index (χ3n) is 2.75. The fraction of sp³-hybridized carbons (Fsp3) is 0.200. The van der Waals surface area contributed by atoms with Crippen molar-refractivity contribution in [1.82, 2.24) is 0 Å². The Balaban J connectivity index is 1.99. The summed E-state index contributed by atoms with van der Waals surface area (Å²) in [5, 5.41) is 1.49. The molecule has 0 saturated heterocycles. The Bertz CT molecular complexity index is 511. The lowest BCUT2D eigenvalue weighted by Crippen LogP contribution is -2.05. The highest BCUT2D eigenvalue weighted by Crippen LogP contribution is 2.23. The molecular formula is C15H13Cl2IO. The average Bonchev–Trinajstić information content (AvgIpc) is 2.43. The smallest absolute Gasteiger partial charge is 0.0918 e. The normalized spacial score (nSPS) is 12.4. The first-order chi connectivity index (χ1) is 9.19. The van der Waals surface area contributed by atoms with Crippen molar-refractivity contribution < 1.29 is 4.74 Å². The maximum Gasteiger partial charge on any atom is 0.0918 e. The summed E-state index contributed by atoms with van der Waals surface area (Å²) >= 11 is 14.1. The number of hydrogen-bond acceptors (Lipinski definition) is 1. The van der Waals surface area contributed by atoms with E-state index in [1.54, 1.807) is 0 Å². The van der Waals surface area contributed by atoms with Gasteiger partial charge in [0, 0.05) is 14.5 Å². The molecule has 100 valence electrons. The molecule has 0 amide bonds. The Morgan fingerprint density at radius 1 is 0.895 bits per heavy atom. The molecule has 0 radical (unpaired) electrons. The van der Waals surface area contributed by atoms with Crippen molar-refractivity contribution in [3.05, 3.63) is 69.7 Å². The third-order valence-corrected chi connectivity index (χ3v) is 4.05. The van der Waals surface area contributed by atoms with E-state index in [-0.39, 0.29) is 6.10 Å². The summed E-state index contributed by atoms with van der Waals surface area (Å²) in [5.41, 5.74) is 2.26. The maximum absolute atomic E-state index is 5.95. The minimum atomic E-state index is 0.0774. The van der Waals surface area contributed by atoms with E-state index in [0.29, 0.717) is 6.61 Å². The second-order valence-electron chi connectivity index (χ2n) is 4.13. The highest BCUT2D eigenvalue weighted by molar-refractivity contribution is 14.1. The molecule has 0 aliphatic carbocycles. The highest BCUT2D eigenvalue weighted by atomic mass is 127. The second-order valence-corrected chi connectivity index (χ2v) is 5.89. The van der Waals surface area contributed by atoms with Crippen molar-refractivity contribution in [2.45, 2.75) is 12.7 Å². The topological polar surface area (TPSA) is 9.23 Å². The molecule has 2 rings (SSSR count). The van der Waals surface area contributed by atoms with E-state index < -0.39 is 0 Å². The first-order valence-corrected chi connectivity index (χ1v) is 8.14. The molecule has 0 aromatic heterocycles. The molecule has 0 fully saturated rings. The standard InChI is InChI=1S/C15H13Cl2IO/c16-13-5-1-11(2-6-13)10-19-15(9-18)12-3-7-14(17)8-4-12/h1-8,15H,9-10H2. The van der Waals surface area contributed by atoms with Crippen LogP contribution in [0.2, 0.25) is 10.0 Å². The molecule has 2 aromatic rings. The highest BCUT2D eigenvalue weighted by Gasteiger charge is 2.10. The summed E-state index contributed by atoms with van der Waals surface area (Å²) < 4.78 is 6.85. The van der Waals surface area contributed by atoms with E-state index in [1.807, 2.05) is 48.5 Å². The van der Waals surface area contributed by atoms with Crippen LogP contribution < -0.4 is 0 Å². The summed E-state index contributed by atoms with van der Waals surface area (Å²) in [6, 6.07) is 15.5. The van der Waals surface area contributed by atoms with Crippen molar-refractivity contribution >= 4 is 45.8 Å². The van der Waals surface area contributed by atoms with Crippen molar-refractivity contribution in [1.29, 1.82) is 0 Å². The molecule has 0 aliphatic heterocycles. The van der Waals surface area contributed by atoms with Crippen LogP contribution in [-0.2, 0) is 11.3 Å². The van der Waals surface area contributed by atoms with Gasteiger partial charge in [0.15, 0.2) is 0 Å². The summed E-state index contributed by atoms with van der Waals surface area (Å²) in [7, 11) is 0. The summed E-state index contributed by atoms with van der Waals surface area (Å²) in [6.07, 6.45) is 0.0774. The second kappa shape index (κ2) is 7.48. The molecule has 0 aliphatic rings. The van der Waals surface area contributed by atoms with Gasteiger partial charge >= 0.3 is 0 Å². The van der Waals surface area contributed by atoms with Crippen LogP contribution in [0.5, 0.6) is 0 Å². The van der Waals surface area contributed by atoms with Crippen LogP contribution in [0.3, 0.4) is 0 Å². The van der Waals surface area contributed by atoms with Gasteiger partial charge in [0.05, 0.1) is 12.7 Å². The Morgan fingerprint density at radius 2 is 1.42 bits per heavy atom. The van der Waals surface area contributed by atoms with Crippen LogP contribution >= 0.6 is 45.8 Å². The lowest BCUT2D eigenvalue weighted by atomic mass is 10.1. The Hall–Kier alpha value is -0.290. The van der Waals surface area contributed by atoms with E-state index in [0.717, 1.165) is 25.6 Å². The molecule has 0 spiro atoms. The molecule has 1 unspecified atom stereocenters. The molecule has 2 aromatic carbocycles. The maximum atomic E-state index is 5.95. The number of hydrogen-bond donors (Lipinski definition) is 0. The molecule has 1 nitrogen and oxygen atoms in total. The Labute approximate surface area is 137 Å². The number of halogens is 3. The zero-order valence-corrected chi connectivity index (χ0v) is 13.8. The largest absolute Gasteiger partial charge is 0.368 e. The van der Waals surface area contributed by atoms with E-state index in [1.165, 1.54) is 0 Å². The number of alkyl halides is 1. The van der Waals surface area contributed by atoms with Crippen molar-refractivity contribution in [3.8, 4) is 0 Å². The van der Waals surface area contributed by atoms with Crippen LogP contribution in [0.1, 0.15) is 17.2 Å². The fourth-order valence-electron chi connectivity index (χ4n) is 1.68. The van der Waals surface area contributed by atoms with Crippen molar-refractivity contribution in [2.24, 2.45) is 0 Å². The monoisotopic (exact) mass is 406 g/mol. The molecule has 0 saturated carbocycles. The number of ether oxygens (including phenoxy) is 1. The van der Waals surface area contributed by atoms with Gasteiger partial charge in [0.25, 0.3) is 0 Å². The molecule has 0 heterocycles. The van der Waals surface area contributed by atoms with Gasteiger partial charge in [-0.2, -0.15) is 0 Å². The molecule has 1 atom stereocenters. The molecular weight excluding hydrogens is 394 g/mol. The number of benzene rings is 2. The van der Waals surface area contributed by atoms with Gasteiger partial charge in [-0.3, -0.25) is 0 Å². The van der Waals surface area contributed by atoms with E-state index in [2.05, 4.69) is 22.6 Å². The van der Waals surface area contributed by atoms with Gasteiger partial charge in [-0.05, 0) is 35.4 Å². The van der Waals surface area contributed by atoms with Crippen molar-refractivity contribution in [2.75, 3.05) is 4.43 Å². The van der Waals surface area contributed by atoms with Crippen LogP contribution in [0.4, 0.5) is 0 Å². The van der Waals surface area contributed by atoms with Gasteiger partial charge in [0.1, 0.15) is 0 Å². The van der Waals surface area contributed by atoms with Gasteiger partial charge in [-0.1, -0.05) is 70.1 Å². The van der Waals surface area contributed by atoms with Crippen LogP contribution in [0.25, 0.3) is 0 Å². The number of rotatable bonds is 5. The van der Waals surface area contributed by atoms with Gasteiger partial charge in [0.2, 0.25) is 0 Å². The Kier molecular flexibility index (Phi) is 5.95. The van der Waals surface area contributed by atoms with Crippen LogP contribution in [0.15, 0.2) is 48.5 Å². The summed E-state index contributed by atoms with van der Waals surface area (Å²) in [4.78, 5) is 0. The van der Waals surface area contributed by atoms with Gasteiger partial charge < -0.3 is 4.74 Å². The molecule has 0 bridgehead atoms. The predicted octanol–water partition coefficient (Wildman–Crippen LogP) is 5.69. The summed E-state index contributed by atoms with van der Waals surface area (Å²) in [6.45, 7) is 0.577. The minimum Gasteiger partial charge on any atom is -0.368 e. The fourth-order valence-corrected chi connectivity index (χ4v) is 2.70. The quantitative estimate of drug-likeness (QED) is 0.458. The zero-order chi connectivity index (χ0) is 13.7. The zero-order valence-electron chi connectivity index (χ0n) is 10.2. The average molecular weight is 407 g/mol. The lowest BCUT2D eigenvalue weighted by Gasteiger charge is -2.16. The third kappa shape index (κ3) is 4.63. The molecule has 4 heteroatoms. The molecule has 19 heavy (non-hydrogen) atoms. The van der Waals surface area contributed by atoms with Crippen LogP contribution in [0, 0.1) is 0 Å². The van der Waals surface area contributed by atoms with E-state index in [4.69, 9.17) is 27.9 Å². The van der Waals surface area contributed by atoms with E-state index in [9.17, 15) is 0 Å². The SMILES string of the molecule is Clc1ccc(COC(CI)c2ccc(Cl)cc2)cc1. The molecule has 0 N–H and O–H groups in total. The first kappa shape index (κ1) is 15.1. The first-order valence-electron chi connectivity index (χ1n) is 5.86. The van der Waals surface area contributed by atoms with Gasteiger partial charge in [-0.25, -0.2) is 0 Å². The Morgan fingerprint density at radius 3 is 1.95 bits per heavy atom. The summed E-state index contributed by atoms with van der Waals surface area (Å²) in [5.74, 6) is 0. The lowest BCUT2D eigenvalue weighted by molar-refractivity contribution is 0.0577. The van der Waals surface area contributed by atoms with E-state index >= 15 is 0 Å². The predicted molar refractivity (Wildman–Crippen MR) is 89.3 cm³/mol. The van der Waals surface area contributed by atoms with Crippen molar-refractivity contribution in [3.63, 3.8) is 0 Å². The van der Waals surface area contributed by atoms with Crippen LogP contribution in [-0.4, -0.2) is 4.43 Å².